The number of carboxylic acids is 1. The van der Waals surface area contributed by atoms with E-state index in [1.54, 1.807) is 18.2 Å². The Morgan fingerprint density at radius 3 is 2.62 bits per heavy atom. The summed E-state index contributed by atoms with van der Waals surface area (Å²) >= 11 is 0. The number of aromatic carboxylic acids is 1. The van der Waals surface area contributed by atoms with Crippen molar-refractivity contribution in [3.63, 3.8) is 0 Å². The number of rotatable bonds is 3. The Morgan fingerprint density at radius 1 is 1.15 bits per heavy atom. The van der Waals surface area contributed by atoms with Crippen LogP contribution in [0.1, 0.15) is 50.2 Å². The molecule has 0 aromatic heterocycles. The normalized spacial score (nSPS) is 22.9. The lowest BCUT2D eigenvalue weighted by atomic mass is 9.76. The van der Waals surface area contributed by atoms with Gasteiger partial charge in [0.05, 0.1) is 30.4 Å². The fraction of sp³-hybridized carbons (Fsp3) is 0.238. The number of methoxy groups -OCH3 is 1. The van der Waals surface area contributed by atoms with E-state index in [2.05, 4.69) is 17.5 Å². The Balaban J connectivity index is 1.78. The molecule has 1 aliphatic carbocycles. The predicted molar refractivity (Wildman–Crippen MR) is 94.9 cm³/mol. The second kappa shape index (κ2) is 6.33. The molecule has 0 saturated heterocycles. The van der Waals surface area contributed by atoms with Crippen LogP contribution in [0.25, 0.3) is 0 Å². The van der Waals surface area contributed by atoms with Crippen molar-refractivity contribution in [3.05, 3.63) is 76.9 Å². The molecule has 26 heavy (non-hydrogen) atoms. The second-order valence-electron chi connectivity index (χ2n) is 6.65. The van der Waals surface area contributed by atoms with Crippen molar-refractivity contribution in [3.8, 4) is 0 Å². The van der Waals surface area contributed by atoms with Crippen LogP contribution >= 0.6 is 0 Å². The van der Waals surface area contributed by atoms with Crippen molar-refractivity contribution in [2.75, 3.05) is 12.4 Å². The number of fused-ring (bicyclic) bond motifs is 3. The summed E-state index contributed by atoms with van der Waals surface area (Å²) in [4.78, 5) is 23.2. The lowest BCUT2D eigenvalue weighted by molar-refractivity contribution is -0.255. The Bertz CT molecular complexity index is 901. The minimum atomic E-state index is -1.19. The number of carbonyl (C=O) groups excluding carboxylic acids is 2. The number of hydrogen-bond acceptors (Lipinski definition) is 5. The molecule has 5 nitrogen and oxygen atoms in total. The van der Waals surface area contributed by atoms with Crippen LogP contribution in [0.3, 0.4) is 0 Å². The molecule has 5 heteroatoms. The van der Waals surface area contributed by atoms with Crippen molar-refractivity contribution in [2.24, 2.45) is 5.92 Å². The maximum atomic E-state index is 12.2. The first-order valence-corrected chi connectivity index (χ1v) is 8.56. The number of carboxylic acid groups (broad SMARTS) is 1. The van der Waals surface area contributed by atoms with Crippen molar-refractivity contribution in [1.29, 1.82) is 0 Å². The Morgan fingerprint density at radius 2 is 1.92 bits per heavy atom. The molecule has 1 aliphatic heterocycles. The van der Waals surface area contributed by atoms with Gasteiger partial charge in [-0.2, -0.15) is 0 Å². The van der Waals surface area contributed by atoms with Gasteiger partial charge in [-0.1, -0.05) is 48.6 Å². The first kappa shape index (κ1) is 16.4. The number of anilines is 1. The van der Waals surface area contributed by atoms with Gasteiger partial charge in [0.2, 0.25) is 0 Å². The Hall–Kier alpha value is -3.08. The van der Waals surface area contributed by atoms with E-state index in [9.17, 15) is 14.7 Å². The fourth-order valence-electron chi connectivity index (χ4n) is 4.06. The highest BCUT2D eigenvalue weighted by molar-refractivity contribution is 5.97. The average Bonchev–Trinajstić information content (AvgIpc) is 3.16. The van der Waals surface area contributed by atoms with Crippen LogP contribution in [0.15, 0.2) is 54.6 Å². The summed E-state index contributed by atoms with van der Waals surface area (Å²) in [6.45, 7) is 0. The van der Waals surface area contributed by atoms with Crippen LogP contribution in [0.5, 0.6) is 0 Å². The first-order valence-electron chi connectivity index (χ1n) is 8.56. The molecule has 0 saturated carbocycles. The molecule has 1 N–H and O–H groups in total. The number of nitrogens with one attached hydrogen (secondary N) is 1. The van der Waals surface area contributed by atoms with Crippen molar-refractivity contribution in [2.45, 2.75) is 18.4 Å². The highest BCUT2D eigenvalue weighted by Gasteiger charge is 2.39. The summed E-state index contributed by atoms with van der Waals surface area (Å²) in [7, 11) is 1.37. The minimum absolute atomic E-state index is 0.0240. The second-order valence-corrected chi connectivity index (χ2v) is 6.65. The van der Waals surface area contributed by atoms with Gasteiger partial charge in [0.1, 0.15) is 0 Å². The van der Waals surface area contributed by atoms with Crippen LogP contribution in [0, 0.1) is 5.92 Å². The zero-order valence-corrected chi connectivity index (χ0v) is 14.3. The molecule has 2 aromatic carbocycles. The van der Waals surface area contributed by atoms with E-state index < -0.39 is 5.97 Å². The molecule has 132 valence electrons. The van der Waals surface area contributed by atoms with Gasteiger partial charge in [0.15, 0.2) is 0 Å². The third-order valence-corrected chi connectivity index (χ3v) is 5.31. The van der Waals surface area contributed by atoms with Crippen LogP contribution in [0.2, 0.25) is 0 Å². The number of ether oxygens (including phenoxy) is 1. The lowest BCUT2D eigenvalue weighted by Gasteiger charge is -2.38. The van der Waals surface area contributed by atoms with Crippen LogP contribution in [-0.2, 0) is 4.74 Å². The monoisotopic (exact) mass is 348 g/mol. The summed E-state index contributed by atoms with van der Waals surface area (Å²) in [5.74, 6) is -1.04. The number of hydrogen-bond donors (Lipinski definition) is 1. The SMILES string of the molecule is COC(=O)c1cccc2c1N[C@H](c1ccc(C(=O)[O-])cc1)[C@@H]1CC=C[C@H]21. The van der Waals surface area contributed by atoms with Crippen molar-refractivity contribution in [1.82, 2.24) is 0 Å². The summed E-state index contributed by atoms with van der Waals surface area (Å²) in [6.07, 6.45) is 5.28. The van der Waals surface area contributed by atoms with Crippen molar-refractivity contribution >= 4 is 17.6 Å². The van der Waals surface area contributed by atoms with E-state index in [4.69, 9.17) is 4.74 Å². The van der Waals surface area contributed by atoms with Crippen LogP contribution in [0.4, 0.5) is 5.69 Å². The van der Waals surface area contributed by atoms with E-state index in [0.29, 0.717) is 11.5 Å². The molecule has 2 aliphatic rings. The number of carbonyl (C=O) groups is 2. The van der Waals surface area contributed by atoms with Gasteiger partial charge >= 0.3 is 5.97 Å². The molecule has 0 unspecified atom stereocenters. The number of benzene rings is 2. The summed E-state index contributed by atoms with van der Waals surface area (Å²) in [5.41, 5.74) is 3.54. The van der Waals surface area contributed by atoms with Gasteiger partial charge in [0, 0.05) is 5.92 Å². The zero-order valence-electron chi connectivity index (χ0n) is 14.3. The van der Waals surface area contributed by atoms with Gasteiger partial charge in [-0.05, 0) is 35.1 Å². The molecule has 1 heterocycles. The molecule has 0 radical (unpaired) electrons. The fourth-order valence-corrected chi connectivity index (χ4v) is 4.06. The summed E-state index contributed by atoms with van der Waals surface area (Å²) in [6, 6.07) is 12.4. The van der Waals surface area contributed by atoms with Gasteiger partial charge in [-0.25, -0.2) is 4.79 Å². The molecular weight excluding hydrogens is 330 g/mol. The summed E-state index contributed by atoms with van der Waals surface area (Å²) < 4.78 is 4.93. The van der Waals surface area contributed by atoms with Crippen molar-refractivity contribution < 1.29 is 19.4 Å². The highest BCUT2D eigenvalue weighted by Crippen LogP contribution is 2.50. The molecule has 2 aromatic rings. The molecule has 0 bridgehead atoms. The topological polar surface area (TPSA) is 78.5 Å². The van der Waals surface area contributed by atoms with E-state index in [1.165, 1.54) is 7.11 Å². The Kier molecular flexibility index (Phi) is 3.99. The largest absolute Gasteiger partial charge is 0.545 e. The lowest BCUT2D eigenvalue weighted by Crippen LogP contribution is -2.30. The quantitative estimate of drug-likeness (QED) is 0.681. The molecule has 0 spiro atoms. The zero-order chi connectivity index (χ0) is 18.3. The molecule has 4 rings (SSSR count). The number of esters is 1. The number of para-hydroxylation sites is 1. The standard InChI is InChI=1S/C21H19NO4/c1-26-21(25)17-7-3-6-16-14-4-2-5-15(14)18(22-19(16)17)12-8-10-13(11-9-12)20(23)24/h2-4,6-11,14-15,18,22H,5H2,1H3,(H,23,24)/p-1/t14-,15+,18+/m0/s1. The van der Waals surface area contributed by atoms with Crippen LogP contribution in [-0.4, -0.2) is 19.0 Å². The maximum absolute atomic E-state index is 12.2. The minimum Gasteiger partial charge on any atom is -0.545 e. The van der Waals surface area contributed by atoms with E-state index >= 15 is 0 Å². The predicted octanol–water partition coefficient (Wildman–Crippen LogP) is 2.66. The molecule has 3 atom stereocenters. The maximum Gasteiger partial charge on any atom is 0.339 e. The van der Waals surface area contributed by atoms with E-state index in [1.807, 2.05) is 24.3 Å². The van der Waals surface area contributed by atoms with E-state index in [-0.39, 0.29) is 23.5 Å². The Labute approximate surface area is 151 Å². The molecule has 0 amide bonds. The summed E-state index contributed by atoms with van der Waals surface area (Å²) in [5, 5.41) is 14.5. The third-order valence-electron chi connectivity index (χ3n) is 5.31. The van der Waals surface area contributed by atoms with Gasteiger partial charge in [0.25, 0.3) is 0 Å². The highest BCUT2D eigenvalue weighted by atomic mass is 16.5. The van der Waals surface area contributed by atoms with Crippen LogP contribution < -0.4 is 10.4 Å². The van der Waals surface area contributed by atoms with Gasteiger partial charge < -0.3 is 20.0 Å². The first-order chi connectivity index (χ1) is 12.6. The van der Waals surface area contributed by atoms with E-state index in [0.717, 1.165) is 23.2 Å². The van der Waals surface area contributed by atoms with Gasteiger partial charge in [-0.3, -0.25) is 0 Å². The smallest absolute Gasteiger partial charge is 0.339 e. The third kappa shape index (κ3) is 2.56. The number of allylic oxidation sites excluding steroid dienone is 2. The average molecular weight is 348 g/mol. The molecule has 0 fully saturated rings. The van der Waals surface area contributed by atoms with Gasteiger partial charge in [-0.15, -0.1) is 0 Å². The molecular formula is C21H18NO4-.